The zero-order chi connectivity index (χ0) is 15.4. The maximum absolute atomic E-state index is 11.6. The average Bonchev–Trinajstić information content (AvgIpc) is 2.26. The van der Waals surface area contributed by atoms with E-state index >= 15 is 0 Å². The third-order valence-corrected chi connectivity index (χ3v) is 6.85. The van der Waals surface area contributed by atoms with Gasteiger partial charge in [-0.3, -0.25) is 0 Å². The van der Waals surface area contributed by atoms with Gasteiger partial charge >= 0.3 is 7.75 Å². The van der Waals surface area contributed by atoms with E-state index in [0.717, 1.165) is 0 Å². The molecule has 0 amide bonds. The Labute approximate surface area is 117 Å². The molecule has 2 N–H and O–H groups in total. The highest BCUT2D eigenvalue weighted by atomic mass is 32.2. The average molecular weight is 343 g/mol. The molecule has 0 heterocycles. The lowest BCUT2D eigenvalue weighted by Crippen LogP contribution is -2.16. The monoisotopic (exact) mass is 343 g/mol. The normalized spacial score (nSPS) is 15.7. The number of benzene rings is 1. The van der Waals surface area contributed by atoms with Gasteiger partial charge < -0.3 is 0 Å². The van der Waals surface area contributed by atoms with Crippen molar-refractivity contribution in [2.24, 2.45) is 5.50 Å². The standard InChI is InChI=1S/C9H14NO7PS2/c1-2-19(12,13)16-18(10,11)17-20(14,15)8-9-6-4-3-5-7-9/h3-7H,2,8H2,1H3,(H2,10,11). The van der Waals surface area contributed by atoms with Crippen LogP contribution in [-0.4, -0.2) is 22.6 Å². The quantitative estimate of drug-likeness (QED) is 0.725. The van der Waals surface area contributed by atoms with E-state index < -0.39 is 39.5 Å². The van der Waals surface area contributed by atoms with E-state index in [-0.39, 0.29) is 0 Å². The molecule has 0 aliphatic rings. The first-order chi connectivity index (χ1) is 9.05. The molecular weight excluding hydrogens is 329 g/mol. The van der Waals surface area contributed by atoms with E-state index in [9.17, 15) is 21.4 Å². The van der Waals surface area contributed by atoms with E-state index in [1.54, 1.807) is 18.2 Å². The summed E-state index contributed by atoms with van der Waals surface area (Å²) in [7, 11) is -13.3. The Morgan fingerprint density at radius 2 is 1.55 bits per heavy atom. The molecule has 1 unspecified atom stereocenters. The number of hydrogen-bond acceptors (Lipinski definition) is 7. The van der Waals surface area contributed by atoms with Crippen LogP contribution in [0, 0.1) is 0 Å². The molecule has 0 fully saturated rings. The smallest absolute Gasteiger partial charge is 0.239 e. The van der Waals surface area contributed by atoms with Gasteiger partial charge in [-0.15, -0.1) is 0 Å². The topological polar surface area (TPSA) is 130 Å². The summed E-state index contributed by atoms with van der Waals surface area (Å²) in [5, 5.41) is 0. The van der Waals surface area contributed by atoms with Crippen LogP contribution < -0.4 is 5.50 Å². The Kier molecular flexibility index (Phi) is 5.47. The van der Waals surface area contributed by atoms with E-state index in [4.69, 9.17) is 5.50 Å². The Morgan fingerprint density at radius 1 is 1.05 bits per heavy atom. The van der Waals surface area contributed by atoms with Crippen molar-refractivity contribution in [3.8, 4) is 0 Å². The predicted octanol–water partition coefficient (Wildman–Crippen LogP) is 0.966. The highest BCUT2D eigenvalue weighted by Gasteiger charge is 2.32. The van der Waals surface area contributed by atoms with Crippen molar-refractivity contribution < 1.29 is 29.3 Å². The largest absolute Gasteiger partial charge is 0.432 e. The Hall–Kier alpha value is -0.770. The van der Waals surface area contributed by atoms with Crippen LogP contribution in [0.4, 0.5) is 0 Å². The van der Waals surface area contributed by atoms with Crippen LogP contribution in [-0.2, 0) is 38.5 Å². The van der Waals surface area contributed by atoms with Crippen molar-refractivity contribution in [3.05, 3.63) is 35.9 Å². The zero-order valence-corrected chi connectivity index (χ0v) is 13.0. The lowest BCUT2D eigenvalue weighted by molar-refractivity contribution is 0.381. The van der Waals surface area contributed by atoms with Crippen LogP contribution in [0.5, 0.6) is 0 Å². The fraction of sp³-hybridized carbons (Fsp3) is 0.333. The number of hydrogen-bond donors (Lipinski definition) is 1. The van der Waals surface area contributed by atoms with Crippen LogP contribution in [0.25, 0.3) is 0 Å². The SMILES string of the molecule is CCS(=O)(=O)OP(N)(=O)OS(=O)(=O)Cc1ccccc1. The molecule has 11 heteroatoms. The van der Waals surface area contributed by atoms with Crippen molar-refractivity contribution in [3.63, 3.8) is 0 Å². The fourth-order valence-corrected chi connectivity index (χ4v) is 5.28. The fourth-order valence-electron chi connectivity index (χ4n) is 1.19. The second kappa shape index (κ2) is 6.33. The van der Waals surface area contributed by atoms with Gasteiger partial charge in [-0.1, -0.05) is 30.3 Å². The van der Waals surface area contributed by atoms with E-state index in [1.165, 1.54) is 19.1 Å². The van der Waals surface area contributed by atoms with E-state index in [0.29, 0.717) is 5.56 Å². The van der Waals surface area contributed by atoms with Crippen molar-refractivity contribution >= 4 is 28.0 Å². The minimum absolute atomic E-state index is 0.367. The summed E-state index contributed by atoms with van der Waals surface area (Å²) in [6.07, 6.45) is 0. The van der Waals surface area contributed by atoms with Crippen molar-refractivity contribution in [1.82, 2.24) is 0 Å². The minimum atomic E-state index is -4.76. The summed E-state index contributed by atoms with van der Waals surface area (Å²) in [6.45, 7) is 1.22. The van der Waals surface area contributed by atoms with Crippen molar-refractivity contribution in [2.75, 3.05) is 5.75 Å². The van der Waals surface area contributed by atoms with Crippen LogP contribution in [0.3, 0.4) is 0 Å². The van der Waals surface area contributed by atoms with Gasteiger partial charge in [0.05, 0.1) is 5.75 Å². The number of rotatable bonds is 7. The second-order valence-corrected chi connectivity index (χ2v) is 9.09. The molecular formula is C9H14NO7PS2. The van der Waals surface area contributed by atoms with Gasteiger partial charge in [-0.05, 0) is 12.5 Å². The molecule has 0 aromatic heterocycles. The first kappa shape index (κ1) is 17.3. The molecule has 0 spiro atoms. The summed E-state index contributed by atoms with van der Waals surface area (Å²) < 4.78 is 65.3. The summed E-state index contributed by atoms with van der Waals surface area (Å²) in [6, 6.07) is 7.90. The highest BCUT2D eigenvalue weighted by molar-refractivity contribution is 7.94. The van der Waals surface area contributed by atoms with Crippen LogP contribution in [0.1, 0.15) is 12.5 Å². The van der Waals surface area contributed by atoms with Gasteiger partial charge in [-0.25, -0.2) is 10.1 Å². The first-order valence-electron chi connectivity index (χ1n) is 5.35. The van der Waals surface area contributed by atoms with Gasteiger partial charge in [-0.2, -0.15) is 24.8 Å². The van der Waals surface area contributed by atoms with Crippen molar-refractivity contribution in [2.45, 2.75) is 12.7 Å². The van der Waals surface area contributed by atoms with Gasteiger partial charge in [0.2, 0.25) is 0 Å². The molecule has 8 nitrogen and oxygen atoms in total. The maximum atomic E-state index is 11.6. The molecule has 1 atom stereocenters. The highest BCUT2D eigenvalue weighted by Crippen LogP contribution is 2.43. The third kappa shape index (κ3) is 6.12. The number of nitrogens with two attached hydrogens (primary N) is 1. The Balaban J connectivity index is 2.83. The third-order valence-electron chi connectivity index (χ3n) is 1.97. The van der Waals surface area contributed by atoms with Gasteiger partial charge in [0.1, 0.15) is 5.75 Å². The van der Waals surface area contributed by atoms with Crippen molar-refractivity contribution in [1.29, 1.82) is 0 Å². The van der Waals surface area contributed by atoms with Gasteiger partial charge in [0.15, 0.2) is 0 Å². The summed E-state index contributed by atoms with van der Waals surface area (Å²) in [5.74, 6) is -1.12. The summed E-state index contributed by atoms with van der Waals surface area (Å²) in [5.41, 5.74) is 5.34. The van der Waals surface area contributed by atoms with Gasteiger partial charge in [0.25, 0.3) is 20.2 Å². The zero-order valence-electron chi connectivity index (χ0n) is 10.5. The lowest BCUT2D eigenvalue weighted by Gasteiger charge is -2.12. The van der Waals surface area contributed by atoms with E-state index in [2.05, 4.69) is 7.94 Å². The molecule has 0 radical (unpaired) electrons. The minimum Gasteiger partial charge on any atom is -0.239 e. The van der Waals surface area contributed by atoms with E-state index in [1.807, 2.05) is 0 Å². The van der Waals surface area contributed by atoms with Crippen LogP contribution in [0.15, 0.2) is 30.3 Å². The first-order valence-corrected chi connectivity index (χ1v) is 10.1. The molecule has 0 saturated carbocycles. The summed E-state index contributed by atoms with van der Waals surface area (Å²) >= 11 is 0. The lowest BCUT2D eigenvalue weighted by atomic mass is 10.2. The molecule has 0 saturated heterocycles. The Bertz CT molecular complexity index is 699. The molecule has 0 aliphatic heterocycles. The molecule has 20 heavy (non-hydrogen) atoms. The molecule has 114 valence electrons. The second-order valence-electron chi connectivity index (χ2n) is 3.72. The summed E-state index contributed by atoms with van der Waals surface area (Å²) in [4.78, 5) is 0. The van der Waals surface area contributed by atoms with Gasteiger partial charge in [0, 0.05) is 0 Å². The maximum Gasteiger partial charge on any atom is 0.432 e. The molecule has 1 aromatic carbocycles. The Morgan fingerprint density at radius 3 is 2.05 bits per heavy atom. The molecule has 1 rings (SSSR count). The molecule has 1 aromatic rings. The predicted molar refractivity (Wildman–Crippen MR) is 72.5 cm³/mol. The van der Waals surface area contributed by atoms with Crippen LogP contribution in [0.2, 0.25) is 0 Å². The molecule has 0 bridgehead atoms. The molecule has 0 aliphatic carbocycles. The van der Waals surface area contributed by atoms with Crippen LogP contribution >= 0.6 is 7.75 Å².